The van der Waals surface area contributed by atoms with E-state index in [4.69, 9.17) is 0 Å². The number of ketones is 1. The Kier molecular flexibility index (Phi) is 9.90. The number of Topliss-reactive ketones (excluding diaryl/α,β-unsaturated/α-hetero) is 1. The predicted octanol–water partition coefficient (Wildman–Crippen LogP) is 3.83. The molecule has 1 rings (SSSR count). The standard InChI is InChI=1S/C11H12O3.C4H10S/c1-3-10(12)8-4-6-9(7-5-8)11(13)14-2;1-3-5-4-2/h4-7H,3H2,1-2H3;3-4H2,1-2H3. The second-order valence-electron chi connectivity index (χ2n) is 3.63. The summed E-state index contributed by atoms with van der Waals surface area (Å²) >= 11 is 1.96. The fourth-order valence-corrected chi connectivity index (χ4v) is 1.73. The molecule has 0 aliphatic carbocycles. The Morgan fingerprint density at radius 1 is 1.00 bits per heavy atom. The number of methoxy groups -OCH3 is 1. The number of carbonyl (C=O) groups is 2. The van der Waals surface area contributed by atoms with Gasteiger partial charge in [-0.1, -0.05) is 32.9 Å². The van der Waals surface area contributed by atoms with Crippen molar-refractivity contribution in [2.45, 2.75) is 27.2 Å². The Labute approximate surface area is 119 Å². The number of thioether (sulfide) groups is 1. The molecule has 0 fully saturated rings. The third-order valence-electron chi connectivity index (χ3n) is 2.36. The van der Waals surface area contributed by atoms with E-state index in [0.29, 0.717) is 17.5 Å². The maximum Gasteiger partial charge on any atom is 0.337 e. The fourth-order valence-electron chi connectivity index (χ4n) is 1.32. The van der Waals surface area contributed by atoms with Gasteiger partial charge in [-0.25, -0.2) is 4.79 Å². The summed E-state index contributed by atoms with van der Waals surface area (Å²) in [4.78, 5) is 22.3. The van der Waals surface area contributed by atoms with Crippen molar-refractivity contribution in [2.75, 3.05) is 18.6 Å². The van der Waals surface area contributed by atoms with Crippen LogP contribution in [0, 0.1) is 0 Å². The van der Waals surface area contributed by atoms with Crippen LogP contribution in [0.4, 0.5) is 0 Å². The zero-order chi connectivity index (χ0) is 14.7. The lowest BCUT2D eigenvalue weighted by molar-refractivity contribution is 0.0600. The average molecular weight is 282 g/mol. The molecule has 19 heavy (non-hydrogen) atoms. The van der Waals surface area contributed by atoms with E-state index in [-0.39, 0.29) is 11.8 Å². The van der Waals surface area contributed by atoms with Crippen LogP contribution in [0.3, 0.4) is 0 Å². The van der Waals surface area contributed by atoms with E-state index in [0.717, 1.165) is 0 Å². The van der Waals surface area contributed by atoms with Crippen LogP contribution in [0.2, 0.25) is 0 Å². The van der Waals surface area contributed by atoms with Gasteiger partial charge in [-0.2, -0.15) is 11.8 Å². The Bertz CT molecular complexity index is 348. The van der Waals surface area contributed by atoms with Crippen molar-refractivity contribution in [3.63, 3.8) is 0 Å². The molecule has 0 radical (unpaired) electrons. The van der Waals surface area contributed by atoms with Crippen molar-refractivity contribution in [3.8, 4) is 0 Å². The molecule has 1 aromatic rings. The number of benzene rings is 1. The predicted molar refractivity (Wildman–Crippen MR) is 81.1 cm³/mol. The van der Waals surface area contributed by atoms with Crippen LogP contribution >= 0.6 is 11.8 Å². The van der Waals surface area contributed by atoms with Gasteiger partial charge in [0.1, 0.15) is 0 Å². The molecule has 0 aromatic heterocycles. The fraction of sp³-hybridized carbons (Fsp3) is 0.467. The van der Waals surface area contributed by atoms with Gasteiger partial charge in [0.25, 0.3) is 0 Å². The van der Waals surface area contributed by atoms with E-state index < -0.39 is 0 Å². The average Bonchev–Trinajstić information content (AvgIpc) is 2.47. The number of rotatable bonds is 5. The second-order valence-corrected chi connectivity index (χ2v) is 5.19. The minimum Gasteiger partial charge on any atom is -0.465 e. The third kappa shape index (κ3) is 7.01. The highest BCUT2D eigenvalue weighted by Crippen LogP contribution is 2.07. The van der Waals surface area contributed by atoms with Gasteiger partial charge in [0.05, 0.1) is 12.7 Å². The van der Waals surface area contributed by atoms with Crippen molar-refractivity contribution in [3.05, 3.63) is 35.4 Å². The molecule has 0 spiro atoms. The molecule has 0 heterocycles. The van der Waals surface area contributed by atoms with Gasteiger partial charge < -0.3 is 4.74 Å². The molecular weight excluding hydrogens is 260 g/mol. The highest BCUT2D eigenvalue weighted by atomic mass is 32.2. The summed E-state index contributed by atoms with van der Waals surface area (Å²) in [6, 6.07) is 6.46. The van der Waals surface area contributed by atoms with Crippen LogP contribution in [0.15, 0.2) is 24.3 Å². The number of ether oxygens (including phenoxy) is 1. The lowest BCUT2D eigenvalue weighted by Crippen LogP contribution is -2.02. The molecule has 0 amide bonds. The highest BCUT2D eigenvalue weighted by molar-refractivity contribution is 7.99. The first kappa shape index (κ1) is 17.7. The van der Waals surface area contributed by atoms with Gasteiger partial charge in [0.2, 0.25) is 0 Å². The van der Waals surface area contributed by atoms with Gasteiger partial charge in [0, 0.05) is 12.0 Å². The summed E-state index contributed by atoms with van der Waals surface area (Å²) in [5.74, 6) is 2.20. The van der Waals surface area contributed by atoms with Crippen molar-refractivity contribution < 1.29 is 14.3 Å². The van der Waals surface area contributed by atoms with Crippen LogP contribution in [0.1, 0.15) is 47.9 Å². The summed E-state index contributed by atoms with van der Waals surface area (Å²) < 4.78 is 4.54. The van der Waals surface area contributed by atoms with Gasteiger partial charge in [-0.05, 0) is 23.6 Å². The Morgan fingerprint density at radius 2 is 1.47 bits per heavy atom. The maximum atomic E-state index is 11.2. The second kappa shape index (κ2) is 10.6. The van der Waals surface area contributed by atoms with Crippen LogP contribution in [0.5, 0.6) is 0 Å². The smallest absolute Gasteiger partial charge is 0.337 e. The molecule has 0 unspecified atom stereocenters. The zero-order valence-corrected chi connectivity index (χ0v) is 12.9. The minimum absolute atomic E-state index is 0.0708. The largest absolute Gasteiger partial charge is 0.465 e. The molecule has 4 heteroatoms. The maximum absolute atomic E-state index is 11.2. The molecule has 0 bridgehead atoms. The molecule has 106 valence electrons. The zero-order valence-electron chi connectivity index (χ0n) is 12.1. The summed E-state index contributed by atoms with van der Waals surface area (Å²) in [6.07, 6.45) is 0.470. The summed E-state index contributed by atoms with van der Waals surface area (Å²) in [5.41, 5.74) is 1.08. The van der Waals surface area contributed by atoms with Gasteiger partial charge >= 0.3 is 5.97 Å². The van der Waals surface area contributed by atoms with E-state index >= 15 is 0 Å². The van der Waals surface area contributed by atoms with E-state index in [9.17, 15) is 9.59 Å². The molecule has 0 aliphatic heterocycles. The van der Waals surface area contributed by atoms with Crippen LogP contribution in [0.25, 0.3) is 0 Å². The first-order chi connectivity index (χ1) is 9.10. The molecule has 3 nitrogen and oxygen atoms in total. The summed E-state index contributed by atoms with van der Waals surface area (Å²) in [7, 11) is 1.33. The highest BCUT2D eigenvalue weighted by Gasteiger charge is 2.06. The Morgan fingerprint density at radius 3 is 1.79 bits per heavy atom. The van der Waals surface area contributed by atoms with Gasteiger partial charge in [-0.3, -0.25) is 4.79 Å². The monoisotopic (exact) mass is 282 g/mol. The van der Waals surface area contributed by atoms with Crippen LogP contribution < -0.4 is 0 Å². The van der Waals surface area contributed by atoms with Crippen molar-refractivity contribution in [1.29, 1.82) is 0 Å². The summed E-state index contributed by atoms with van der Waals surface area (Å²) in [5, 5.41) is 0. The normalized spacial score (nSPS) is 9.26. The van der Waals surface area contributed by atoms with E-state index in [1.165, 1.54) is 18.6 Å². The molecule has 0 saturated carbocycles. The Balaban J connectivity index is 0.000000555. The molecule has 0 aliphatic rings. The molecule has 0 atom stereocenters. The third-order valence-corrected chi connectivity index (χ3v) is 3.17. The first-order valence-electron chi connectivity index (χ1n) is 6.39. The lowest BCUT2D eigenvalue weighted by atomic mass is 10.1. The molecular formula is C15H22O3S. The van der Waals surface area contributed by atoms with Crippen molar-refractivity contribution in [1.82, 2.24) is 0 Å². The van der Waals surface area contributed by atoms with Crippen molar-refractivity contribution >= 4 is 23.5 Å². The number of carbonyl (C=O) groups excluding carboxylic acids is 2. The SMILES string of the molecule is CCC(=O)c1ccc(C(=O)OC)cc1.CCSCC. The molecule has 1 aromatic carbocycles. The molecule has 0 N–H and O–H groups in total. The van der Waals surface area contributed by atoms with Gasteiger partial charge in [-0.15, -0.1) is 0 Å². The van der Waals surface area contributed by atoms with E-state index in [1.807, 2.05) is 11.8 Å². The van der Waals surface area contributed by atoms with Crippen LogP contribution in [-0.4, -0.2) is 30.4 Å². The van der Waals surface area contributed by atoms with Crippen molar-refractivity contribution in [2.24, 2.45) is 0 Å². The summed E-state index contributed by atoms with van der Waals surface area (Å²) in [6.45, 7) is 6.15. The van der Waals surface area contributed by atoms with E-state index in [2.05, 4.69) is 18.6 Å². The van der Waals surface area contributed by atoms with Crippen LogP contribution in [-0.2, 0) is 4.74 Å². The Hall–Kier alpha value is -1.29. The quantitative estimate of drug-likeness (QED) is 0.608. The lowest BCUT2D eigenvalue weighted by Gasteiger charge is -2.00. The minimum atomic E-state index is -0.388. The number of hydrogen-bond donors (Lipinski definition) is 0. The molecule has 0 saturated heterocycles. The van der Waals surface area contributed by atoms with E-state index in [1.54, 1.807) is 31.2 Å². The topological polar surface area (TPSA) is 43.4 Å². The van der Waals surface area contributed by atoms with Gasteiger partial charge in [0.15, 0.2) is 5.78 Å². The number of hydrogen-bond acceptors (Lipinski definition) is 4. The first-order valence-corrected chi connectivity index (χ1v) is 7.55. The number of esters is 1.